The second kappa shape index (κ2) is 7.94. The third-order valence-corrected chi connectivity index (χ3v) is 4.43. The molecule has 20 heavy (non-hydrogen) atoms. The molecule has 0 aliphatic heterocycles. The van der Waals surface area contributed by atoms with E-state index in [-0.39, 0.29) is 11.7 Å². The molecule has 2 atom stereocenters. The minimum Gasteiger partial charge on any atom is -0.340 e. The molecule has 0 radical (unpaired) electrons. The molecule has 0 heterocycles. The van der Waals surface area contributed by atoms with Gasteiger partial charge in [0.25, 0.3) is 0 Å². The smallest absolute Gasteiger partial charge is 0.238 e. The normalized spacial score (nSPS) is 14.2. The molecular formula is C15H20FNO2S. The summed E-state index contributed by atoms with van der Waals surface area (Å²) < 4.78 is 25.0. The van der Waals surface area contributed by atoms with E-state index in [0.29, 0.717) is 17.9 Å². The lowest BCUT2D eigenvalue weighted by Gasteiger charge is -2.21. The maximum Gasteiger partial charge on any atom is 0.238 e. The van der Waals surface area contributed by atoms with Crippen LogP contribution in [-0.4, -0.2) is 33.1 Å². The fourth-order valence-corrected chi connectivity index (χ4v) is 2.82. The van der Waals surface area contributed by atoms with Gasteiger partial charge in [-0.15, -0.1) is 0 Å². The van der Waals surface area contributed by atoms with Crippen LogP contribution >= 0.6 is 0 Å². The average Bonchev–Trinajstić information content (AvgIpc) is 2.43. The van der Waals surface area contributed by atoms with E-state index in [1.807, 2.05) is 13.0 Å². The molecular weight excluding hydrogens is 277 g/mol. The number of carbonyl (C=O) groups excluding carboxylic acids is 1. The number of benzene rings is 1. The molecule has 1 aromatic rings. The molecule has 0 bridgehead atoms. The third kappa shape index (κ3) is 4.89. The topological polar surface area (TPSA) is 37.4 Å². The number of allylic oxidation sites excluding steroid dienone is 1. The van der Waals surface area contributed by atoms with Crippen molar-refractivity contribution in [2.45, 2.75) is 25.6 Å². The van der Waals surface area contributed by atoms with Gasteiger partial charge in [0, 0.05) is 30.1 Å². The lowest BCUT2D eigenvalue weighted by Crippen LogP contribution is -2.37. The van der Waals surface area contributed by atoms with Crippen molar-refractivity contribution < 1.29 is 13.4 Å². The number of nitrogens with zero attached hydrogens (tertiary/aromatic N) is 1. The Hall–Kier alpha value is -1.49. The number of amides is 1. The predicted molar refractivity (Wildman–Crippen MR) is 80.2 cm³/mol. The molecule has 3 nitrogen and oxygen atoms in total. The van der Waals surface area contributed by atoms with E-state index in [4.69, 9.17) is 0 Å². The molecule has 0 saturated carbocycles. The van der Waals surface area contributed by atoms with Gasteiger partial charge in [-0.1, -0.05) is 24.3 Å². The molecule has 1 rings (SSSR count). The highest BCUT2D eigenvalue weighted by Gasteiger charge is 2.22. The second-order valence-corrected chi connectivity index (χ2v) is 6.38. The van der Waals surface area contributed by atoms with Crippen LogP contribution in [0.1, 0.15) is 19.4 Å². The molecule has 110 valence electrons. The largest absolute Gasteiger partial charge is 0.340 e. The zero-order valence-corrected chi connectivity index (χ0v) is 12.8. The van der Waals surface area contributed by atoms with Crippen LogP contribution in [-0.2, 0) is 22.1 Å². The van der Waals surface area contributed by atoms with Gasteiger partial charge in [-0.05, 0) is 31.5 Å². The first-order valence-corrected chi connectivity index (χ1v) is 7.81. The zero-order valence-electron chi connectivity index (χ0n) is 12.0. The van der Waals surface area contributed by atoms with Gasteiger partial charge in [0.15, 0.2) is 0 Å². The number of hydrogen-bond acceptors (Lipinski definition) is 2. The molecule has 5 heteroatoms. The Kier molecular flexibility index (Phi) is 6.58. The van der Waals surface area contributed by atoms with E-state index in [0.717, 1.165) is 0 Å². The first-order valence-electron chi connectivity index (χ1n) is 6.43. The van der Waals surface area contributed by atoms with Crippen molar-refractivity contribution in [2.75, 3.05) is 12.8 Å². The second-order valence-electron chi connectivity index (χ2n) is 4.58. The molecule has 0 aliphatic carbocycles. The molecule has 0 spiro atoms. The Morgan fingerprint density at radius 3 is 2.80 bits per heavy atom. The van der Waals surface area contributed by atoms with Gasteiger partial charge in [0.05, 0.1) is 0 Å². The molecule has 0 N–H and O–H groups in total. The van der Waals surface area contributed by atoms with Gasteiger partial charge < -0.3 is 4.90 Å². The Bertz CT molecular complexity index is 516. The highest BCUT2D eigenvalue weighted by molar-refractivity contribution is 7.86. The monoisotopic (exact) mass is 297 g/mol. The molecule has 0 aromatic heterocycles. The quantitative estimate of drug-likeness (QED) is 0.757. The summed E-state index contributed by atoms with van der Waals surface area (Å²) in [7, 11) is 0.406. The molecule has 0 fully saturated rings. The summed E-state index contributed by atoms with van der Waals surface area (Å²) in [4.78, 5) is 13.6. The van der Waals surface area contributed by atoms with E-state index in [1.165, 1.54) is 17.0 Å². The lowest BCUT2D eigenvalue weighted by atomic mass is 10.2. The summed E-state index contributed by atoms with van der Waals surface area (Å²) in [6.07, 6.45) is 3.60. The highest BCUT2D eigenvalue weighted by Crippen LogP contribution is 2.09. The Balaban J connectivity index is 2.64. The van der Waals surface area contributed by atoms with Crippen molar-refractivity contribution in [1.29, 1.82) is 0 Å². The standard InChI is InChI=1S/C15H20FNO2S/c1-4-5-9-20(19)12(2)15(18)17(3)11-13-7-6-8-14(16)10-13/h4-8,10,12H,9,11H2,1-3H3/b5-4+. The first-order chi connectivity index (χ1) is 9.45. The van der Waals surface area contributed by atoms with Crippen molar-refractivity contribution in [1.82, 2.24) is 4.90 Å². The fraction of sp³-hybridized carbons (Fsp3) is 0.400. The Labute approximate surface area is 121 Å². The van der Waals surface area contributed by atoms with Crippen LogP contribution < -0.4 is 0 Å². The highest BCUT2D eigenvalue weighted by atomic mass is 32.2. The maximum absolute atomic E-state index is 13.1. The molecule has 1 amide bonds. The van der Waals surface area contributed by atoms with E-state index in [9.17, 15) is 13.4 Å². The number of halogens is 1. The van der Waals surface area contributed by atoms with Crippen molar-refractivity contribution in [3.05, 3.63) is 47.8 Å². The van der Waals surface area contributed by atoms with Crippen LogP contribution in [0.5, 0.6) is 0 Å². The van der Waals surface area contributed by atoms with Crippen molar-refractivity contribution in [3.63, 3.8) is 0 Å². The minimum atomic E-state index is -1.23. The number of carbonyl (C=O) groups is 1. The van der Waals surface area contributed by atoms with E-state index >= 15 is 0 Å². The zero-order chi connectivity index (χ0) is 15.1. The predicted octanol–water partition coefficient (Wildman–Crippen LogP) is 2.50. The summed E-state index contributed by atoms with van der Waals surface area (Å²) in [5.41, 5.74) is 0.715. The fourth-order valence-electron chi connectivity index (χ4n) is 1.75. The minimum absolute atomic E-state index is 0.197. The first kappa shape index (κ1) is 16.6. The van der Waals surface area contributed by atoms with Crippen LogP contribution in [0.2, 0.25) is 0 Å². The number of rotatable bonds is 6. The third-order valence-electron chi connectivity index (χ3n) is 2.92. The Morgan fingerprint density at radius 1 is 1.50 bits per heavy atom. The van der Waals surface area contributed by atoms with Gasteiger partial charge in [-0.25, -0.2) is 4.39 Å². The maximum atomic E-state index is 13.1. The van der Waals surface area contributed by atoms with E-state index < -0.39 is 16.0 Å². The van der Waals surface area contributed by atoms with Crippen molar-refractivity contribution in [2.24, 2.45) is 0 Å². The van der Waals surface area contributed by atoms with Gasteiger partial charge in [-0.2, -0.15) is 0 Å². The van der Waals surface area contributed by atoms with E-state index in [1.54, 1.807) is 32.2 Å². The summed E-state index contributed by atoms with van der Waals surface area (Å²) in [6.45, 7) is 3.81. The van der Waals surface area contributed by atoms with Crippen LogP contribution in [0.3, 0.4) is 0 Å². The van der Waals surface area contributed by atoms with Crippen LogP contribution in [0.15, 0.2) is 36.4 Å². The van der Waals surface area contributed by atoms with Gasteiger partial charge in [0.1, 0.15) is 11.1 Å². The van der Waals surface area contributed by atoms with Gasteiger partial charge in [-0.3, -0.25) is 9.00 Å². The SMILES string of the molecule is C/C=C/CS(=O)C(C)C(=O)N(C)Cc1cccc(F)c1. The molecule has 1 aromatic carbocycles. The average molecular weight is 297 g/mol. The van der Waals surface area contributed by atoms with Crippen LogP contribution in [0.25, 0.3) is 0 Å². The van der Waals surface area contributed by atoms with Crippen LogP contribution in [0.4, 0.5) is 4.39 Å². The van der Waals surface area contributed by atoms with Crippen molar-refractivity contribution >= 4 is 16.7 Å². The van der Waals surface area contributed by atoms with Gasteiger partial charge in [0.2, 0.25) is 5.91 Å². The summed E-state index contributed by atoms with van der Waals surface area (Å²) in [6, 6.07) is 6.12. The van der Waals surface area contributed by atoms with Crippen molar-refractivity contribution in [3.8, 4) is 0 Å². The molecule has 0 saturated heterocycles. The summed E-state index contributed by atoms with van der Waals surface area (Å²) >= 11 is 0. The lowest BCUT2D eigenvalue weighted by molar-refractivity contribution is -0.129. The summed E-state index contributed by atoms with van der Waals surface area (Å²) in [5, 5.41) is -0.565. The Morgan fingerprint density at radius 2 is 2.20 bits per heavy atom. The molecule has 0 aliphatic rings. The van der Waals surface area contributed by atoms with Crippen LogP contribution in [0, 0.1) is 5.82 Å². The number of hydrogen-bond donors (Lipinski definition) is 0. The van der Waals surface area contributed by atoms with Gasteiger partial charge >= 0.3 is 0 Å². The summed E-state index contributed by atoms with van der Waals surface area (Å²) in [5.74, 6) is -0.151. The van der Waals surface area contributed by atoms with E-state index in [2.05, 4.69) is 0 Å². The molecule has 2 unspecified atom stereocenters.